The van der Waals surface area contributed by atoms with Crippen LogP contribution in [0.15, 0.2) is 29.0 Å². The molecule has 0 aromatic carbocycles. The summed E-state index contributed by atoms with van der Waals surface area (Å²) in [5.74, 6) is 0.937. The van der Waals surface area contributed by atoms with Crippen LogP contribution in [0.1, 0.15) is 33.1 Å². The van der Waals surface area contributed by atoms with Gasteiger partial charge in [0, 0.05) is 12.2 Å². The predicted molar refractivity (Wildman–Crippen MR) is 66.6 cm³/mol. The Morgan fingerprint density at radius 3 is 3.00 bits per heavy atom. The third-order valence-electron chi connectivity index (χ3n) is 2.85. The van der Waals surface area contributed by atoms with E-state index in [4.69, 9.17) is 4.42 Å². The van der Waals surface area contributed by atoms with E-state index in [0.29, 0.717) is 6.04 Å². The summed E-state index contributed by atoms with van der Waals surface area (Å²) in [6.45, 7) is 4.40. The lowest BCUT2D eigenvalue weighted by molar-refractivity contribution is 0.614. The summed E-state index contributed by atoms with van der Waals surface area (Å²) in [7, 11) is 0. The van der Waals surface area contributed by atoms with Crippen LogP contribution in [0.3, 0.4) is 0 Å². The molecular formula is C13H18N2O. The highest BCUT2D eigenvalue weighted by atomic mass is 16.3. The molecule has 0 saturated carbocycles. The minimum Gasteiger partial charge on any atom is -0.464 e. The minimum absolute atomic E-state index is 0.498. The Labute approximate surface area is 95.9 Å². The first kappa shape index (κ1) is 11.0. The fourth-order valence-corrected chi connectivity index (χ4v) is 1.93. The highest BCUT2D eigenvalue weighted by molar-refractivity contribution is 5.87. The van der Waals surface area contributed by atoms with Gasteiger partial charge in [-0.05, 0) is 25.0 Å². The molecule has 0 aliphatic rings. The van der Waals surface area contributed by atoms with Crippen molar-refractivity contribution in [2.24, 2.45) is 0 Å². The molecule has 86 valence electrons. The third-order valence-corrected chi connectivity index (χ3v) is 2.85. The lowest BCUT2D eigenvalue weighted by Crippen LogP contribution is -2.18. The highest BCUT2D eigenvalue weighted by Gasteiger charge is 2.09. The molecule has 16 heavy (non-hydrogen) atoms. The van der Waals surface area contributed by atoms with E-state index in [1.165, 1.54) is 12.8 Å². The monoisotopic (exact) mass is 218 g/mol. The molecule has 0 bridgehead atoms. The van der Waals surface area contributed by atoms with Gasteiger partial charge >= 0.3 is 0 Å². The van der Waals surface area contributed by atoms with Crippen LogP contribution >= 0.6 is 0 Å². The number of fused-ring (bicyclic) bond motifs is 1. The molecule has 2 aromatic rings. The van der Waals surface area contributed by atoms with Gasteiger partial charge in [0.25, 0.3) is 0 Å². The van der Waals surface area contributed by atoms with Crippen LogP contribution in [-0.2, 0) is 0 Å². The van der Waals surface area contributed by atoms with Crippen molar-refractivity contribution >= 4 is 16.8 Å². The van der Waals surface area contributed by atoms with Crippen molar-refractivity contribution in [1.29, 1.82) is 0 Å². The standard InChI is InChI=1S/C13H18N2O/c1-3-5-10(4-2)15-13-11-7-9-16-12(11)6-8-14-13/h6-10H,3-5H2,1-2H3,(H,14,15). The molecule has 0 fully saturated rings. The van der Waals surface area contributed by atoms with E-state index in [-0.39, 0.29) is 0 Å². The lowest BCUT2D eigenvalue weighted by Gasteiger charge is -2.16. The number of aromatic nitrogens is 1. The predicted octanol–water partition coefficient (Wildman–Crippen LogP) is 3.82. The smallest absolute Gasteiger partial charge is 0.139 e. The molecule has 1 N–H and O–H groups in total. The zero-order valence-corrected chi connectivity index (χ0v) is 9.86. The Balaban J connectivity index is 2.22. The van der Waals surface area contributed by atoms with E-state index in [1.54, 1.807) is 12.5 Å². The minimum atomic E-state index is 0.498. The highest BCUT2D eigenvalue weighted by Crippen LogP contribution is 2.23. The van der Waals surface area contributed by atoms with Crippen molar-refractivity contribution in [1.82, 2.24) is 4.98 Å². The summed E-state index contributed by atoms with van der Waals surface area (Å²) < 4.78 is 5.35. The van der Waals surface area contributed by atoms with Gasteiger partial charge in [0.2, 0.25) is 0 Å². The van der Waals surface area contributed by atoms with Gasteiger partial charge in [-0.25, -0.2) is 4.98 Å². The summed E-state index contributed by atoms with van der Waals surface area (Å²) >= 11 is 0. The average Bonchev–Trinajstić information content (AvgIpc) is 2.77. The maximum atomic E-state index is 5.35. The molecule has 0 spiro atoms. The SMILES string of the molecule is CCCC(CC)Nc1nccc2occc12. The largest absolute Gasteiger partial charge is 0.464 e. The first-order valence-electron chi connectivity index (χ1n) is 5.94. The maximum Gasteiger partial charge on any atom is 0.139 e. The number of furan rings is 1. The number of rotatable bonds is 5. The van der Waals surface area contributed by atoms with Crippen LogP contribution in [0.5, 0.6) is 0 Å². The van der Waals surface area contributed by atoms with E-state index >= 15 is 0 Å². The molecule has 2 aromatic heterocycles. The summed E-state index contributed by atoms with van der Waals surface area (Å²) in [4.78, 5) is 4.38. The molecule has 0 saturated heterocycles. The van der Waals surface area contributed by atoms with E-state index in [1.807, 2.05) is 12.1 Å². The van der Waals surface area contributed by atoms with Crippen LogP contribution in [-0.4, -0.2) is 11.0 Å². The summed E-state index contributed by atoms with van der Waals surface area (Å²) in [5, 5.41) is 4.55. The zero-order valence-electron chi connectivity index (χ0n) is 9.86. The second kappa shape index (κ2) is 5.01. The topological polar surface area (TPSA) is 38.1 Å². The van der Waals surface area contributed by atoms with Crippen LogP contribution in [0, 0.1) is 0 Å². The van der Waals surface area contributed by atoms with Gasteiger partial charge in [-0.15, -0.1) is 0 Å². The van der Waals surface area contributed by atoms with Crippen molar-refractivity contribution in [2.75, 3.05) is 5.32 Å². The van der Waals surface area contributed by atoms with Crippen LogP contribution < -0.4 is 5.32 Å². The van der Waals surface area contributed by atoms with Crippen molar-refractivity contribution < 1.29 is 4.42 Å². The quantitative estimate of drug-likeness (QED) is 0.829. The number of hydrogen-bond donors (Lipinski definition) is 1. The maximum absolute atomic E-state index is 5.35. The summed E-state index contributed by atoms with van der Waals surface area (Å²) in [5.41, 5.74) is 0.892. The van der Waals surface area contributed by atoms with E-state index < -0.39 is 0 Å². The van der Waals surface area contributed by atoms with Crippen molar-refractivity contribution in [3.8, 4) is 0 Å². The van der Waals surface area contributed by atoms with Gasteiger partial charge in [-0.3, -0.25) is 0 Å². The van der Waals surface area contributed by atoms with Crippen LogP contribution in [0.4, 0.5) is 5.82 Å². The van der Waals surface area contributed by atoms with Crippen molar-refractivity contribution in [3.63, 3.8) is 0 Å². The Kier molecular flexibility index (Phi) is 3.44. The number of pyridine rings is 1. The third kappa shape index (κ3) is 2.18. The molecule has 3 nitrogen and oxygen atoms in total. The molecule has 3 heteroatoms. The molecule has 2 heterocycles. The number of nitrogens with one attached hydrogen (secondary N) is 1. The van der Waals surface area contributed by atoms with Gasteiger partial charge in [-0.1, -0.05) is 20.3 Å². The second-order valence-corrected chi connectivity index (χ2v) is 4.03. The molecule has 2 rings (SSSR count). The molecule has 1 unspecified atom stereocenters. The number of anilines is 1. The summed E-state index contributed by atoms with van der Waals surface area (Å²) in [6.07, 6.45) is 6.97. The van der Waals surface area contributed by atoms with Gasteiger partial charge < -0.3 is 9.73 Å². The number of hydrogen-bond acceptors (Lipinski definition) is 3. The van der Waals surface area contributed by atoms with Gasteiger partial charge in [0.1, 0.15) is 11.4 Å². The van der Waals surface area contributed by atoms with E-state index in [9.17, 15) is 0 Å². The Morgan fingerprint density at radius 1 is 1.38 bits per heavy atom. The molecule has 0 aliphatic carbocycles. The van der Waals surface area contributed by atoms with Crippen molar-refractivity contribution in [3.05, 3.63) is 24.6 Å². The van der Waals surface area contributed by atoms with Crippen molar-refractivity contribution in [2.45, 2.75) is 39.2 Å². The summed E-state index contributed by atoms with van der Waals surface area (Å²) in [6, 6.07) is 4.35. The first-order valence-corrected chi connectivity index (χ1v) is 5.94. The molecule has 0 amide bonds. The molecule has 1 atom stereocenters. The molecule has 0 radical (unpaired) electrons. The molecule has 0 aliphatic heterocycles. The van der Waals surface area contributed by atoms with Crippen LogP contribution in [0.25, 0.3) is 11.0 Å². The first-order chi connectivity index (χ1) is 7.85. The normalized spacial score (nSPS) is 12.9. The average molecular weight is 218 g/mol. The van der Waals surface area contributed by atoms with E-state index in [2.05, 4.69) is 24.1 Å². The fraction of sp³-hybridized carbons (Fsp3) is 0.462. The number of nitrogens with zero attached hydrogens (tertiary/aromatic N) is 1. The lowest BCUT2D eigenvalue weighted by atomic mass is 10.1. The second-order valence-electron chi connectivity index (χ2n) is 4.03. The Hall–Kier alpha value is -1.51. The van der Waals surface area contributed by atoms with Gasteiger partial charge in [0.05, 0.1) is 11.6 Å². The van der Waals surface area contributed by atoms with Gasteiger partial charge in [0.15, 0.2) is 0 Å². The Morgan fingerprint density at radius 2 is 2.25 bits per heavy atom. The Bertz CT molecular complexity index is 450. The fourth-order valence-electron chi connectivity index (χ4n) is 1.93. The zero-order chi connectivity index (χ0) is 11.4. The van der Waals surface area contributed by atoms with Crippen LogP contribution in [0.2, 0.25) is 0 Å². The van der Waals surface area contributed by atoms with Gasteiger partial charge in [-0.2, -0.15) is 0 Å². The molecular weight excluding hydrogens is 200 g/mol. The van der Waals surface area contributed by atoms with E-state index in [0.717, 1.165) is 23.2 Å².